The van der Waals surface area contributed by atoms with Crippen molar-refractivity contribution in [3.8, 4) is 5.75 Å². The van der Waals surface area contributed by atoms with Gasteiger partial charge in [-0.25, -0.2) is 9.78 Å². The molecule has 1 aromatic heterocycles. The molecule has 1 aliphatic heterocycles. The quantitative estimate of drug-likeness (QED) is 0.850. The van der Waals surface area contributed by atoms with Gasteiger partial charge in [0, 0.05) is 32.1 Å². The topological polar surface area (TPSA) is 106 Å². The molecule has 7 heteroatoms. The van der Waals surface area contributed by atoms with Crippen molar-refractivity contribution < 1.29 is 19.4 Å². The molecule has 0 atom stereocenters. The molecule has 7 nitrogen and oxygen atoms in total. The number of piperidine rings is 1. The molecule has 0 bridgehead atoms. The van der Waals surface area contributed by atoms with Gasteiger partial charge in [-0.3, -0.25) is 4.79 Å². The molecular weight excluding hydrogens is 334 g/mol. The third-order valence-corrected chi connectivity index (χ3v) is 4.71. The van der Waals surface area contributed by atoms with Crippen molar-refractivity contribution in [2.75, 3.05) is 18.0 Å². The first-order valence-electron chi connectivity index (χ1n) is 8.41. The molecule has 0 aliphatic carbocycles. The molecule has 26 heavy (non-hydrogen) atoms. The van der Waals surface area contributed by atoms with Crippen LogP contribution in [0.3, 0.4) is 0 Å². The molecule has 1 fully saturated rings. The second-order valence-electron chi connectivity index (χ2n) is 6.39. The number of carbonyl (C=O) groups excluding carboxylic acids is 1. The summed E-state index contributed by atoms with van der Waals surface area (Å²) in [7, 11) is 0. The van der Waals surface area contributed by atoms with Crippen molar-refractivity contribution in [3.63, 3.8) is 0 Å². The van der Waals surface area contributed by atoms with Crippen molar-refractivity contribution in [2.24, 2.45) is 5.73 Å². The van der Waals surface area contributed by atoms with Gasteiger partial charge in [-0.1, -0.05) is 18.2 Å². The van der Waals surface area contributed by atoms with Crippen molar-refractivity contribution in [3.05, 3.63) is 53.7 Å². The highest BCUT2D eigenvalue weighted by molar-refractivity contribution is 5.97. The number of aromatic nitrogens is 1. The van der Waals surface area contributed by atoms with E-state index in [-0.39, 0.29) is 12.8 Å². The Kier molecular flexibility index (Phi) is 4.79. The van der Waals surface area contributed by atoms with Crippen molar-refractivity contribution in [2.45, 2.75) is 25.4 Å². The summed E-state index contributed by atoms with van der Waals surface area (Å²) in [5.74, 6) is -0.496. The number of carboxylic acid groups (broad SMARTS) is 1. The molecule has 1 aliphatic rings. The van der Waals surface area contributed by atoms with Gasteiger partial charge >= 0.3 is 5.97 Å². The first-order chi connectivity index (χ1) is 12.4. The Balaban J connectivity index is 1.81. The van der Waals surface area contributed by atoms with Crippen LogP contribution < -0.4 is 15.4 Å². The van der Waals surface area contributed by atoms with Gasteiger partial charge in [0.2, 0.25) is 5.60 Å². The second kappa shape index (κ2) is 7.03. The SMILES string of the molecule is Cc1ccccc1OC1(C(=O)O)CCN(c2ncccc2C(N)=O)CC1. The molecule has 0 spiro atoms. The number of hydrogen-bond acceptors (Lipinski definition) is 5. The number of aryl methyl sites for hydroxylation is 1. The third-order valence-electron chi connectivity index (χ3n) is 4.71. The van der Waals surface area contributed by atoms with E-state index >= 15 is 0 Å². The normalized spacial score (nSPS) is 16.1. The zero-order valence-corrected chi connectivity index (χ0v) is 14.5. The van der Waals surface area contributed by atoms with Gasteiger partial charge in [0.05, 0.1) is 5.56 Å². The van der Waals surface area contributed by atoms with Crippen molar-refractivity contribution in [1.29, 1.82) is 0 Å². The van der Waals surface area contributed by atoms with Crippen LogP contribution in [0.1, 0.15) is 28.8 Å². The lowest BCUT2D eigenvalue weighted by Crippen LogP contribution is -2.53. The van der Waals surface area contributed by atoms with E-state index in [2.05, 4.69) is 4.98 Å². The zero-order valence-electron chi connectivity index (χ0n) is 14.5. The molecule has 0 unspecified atom stereocenters. The Hall–Kier alpha value is -3.09. The molecular formula is C19H21N3O4. The summed E-state index contributed by atoms with van der Waals surface area (Å²) in [5.41, 5.74) is 5.33. The number of nitrogens with zero attached hydrogens (tertiary/aromatic N) is 2. The molecule has 0 saturated carbocycles. The number of benzene rings is 1. The fourth-order valence-corrected chi connectivity index (χ4v) is 3.16. The number of pyridine rings is 1. The molecule has 3 N–H and O–H groups in total. The maximum absolute atomic E-state index is 12.0. The van der Waals surface area contributed by atoms with Gasteiger partial charge < -0.3 is 20.5 Å². The van der Waals surface area contributed by atoms with Gasteiger partial charge in [0.25, 0.3) is 5.91 Å². The lowest BCUT2D eigenvalue weighted by Gasteiger charge is -2.39. The third kappa shape index (κ3) is 3.33. The summed E-state index contributed by atoms with van der Waals surface area (Å²) in [6.07, 6.45) is 2.13. The van der Waals surface area contributed by atoms with Crippen LogP contribution in [0.5, 0.6) is 5.75 Å². The number of anilines is 1. The molecule has 0 radical (unpaired) electrons. The standard InChI is InChI=1S/C19H21N3O4/c1-13-5-2-3-7-15(13)26-19(18(24)25)8-11-22(12-9-19)17-14(16(20)23)6-4-10-21-17/h2-7,10H,8-9,11-12H2,1H3,(H2,20,23)(H,24,25). The van der Waals surface area contributed by atoms with Crippen LogP contribution in [0.2, 0.25) is 0 Å². The van der Waals surface area contributed by atoms with E-state index in [1.165, 1.54) is 0 Å². The molecule has 1 amide bonds. The summed E-state index contributed by atoms with van der Waals surface area (Å²) < 4.78 is 5.96. The fourth-order valence-electron chi connectivity index (χ4n) is 3.16. The van der Waals surface area contributed by atoms with Crippen LogP contribution in [-0.4, -0.2) is 40.7 Å². The number of para-hydroxylation sites is 1. The smallest absolute Gasteiger partial charge is 0.348 e. The molecule has 2 aromatic rings. The van der Waals surface area contributed by atoms with E-state index in [4.69, 9.17) is 10.5 Å². The number of carbonyl (C=O) groups is 2. The number of ether oxygens (including phenoxy) is 1. The number of primary amides is 1. The minimum Gasteiger partial charge on any atom is -0.478 e. The predicted octanol–water partition coefficient (Wildman–Crippen LogP) is 1.99. The van der Waals surface area contributed by atoms with Crippen molar-refractivity contribution in [1.82, 2.24) is 4.98 Å². The Morgan fingerprint density at radius 2 is 1.88 bits per heavy atom. The minimum atomic E-state index is -1.30. The van der Waals surface area contributed by atoms with Crippen LogP contribution in [0.25, 0.3) is 0 Å². The van der Waals surface area contributed by atoms with E-state index in [0.29, 0.717) is 30.2 Å². The molecule has 1 saturated heterocycles. The fraction of sp³-hybridized carbons (Fsp3) is 0.316. The molecule has 3 rings (SSSR count). The average molecular weight is 355 g/mol. The van der Waals surface area contributed by atoms with Crippen LogP contribution in [0, 0.1) is 6.92 Å². The second-order valence-corrected chi connectivity index (χ2v) is 6.39. The summed E-state index contributed by atoms with van der Waals surface area (Å²) in [6.45, 7) is 2.68. The van der Waals surface area contributed by atoms with Crippen LogP contribution in [0.4, 0.5) is 5.82 Å². The van der Waals surface area contributed by atoms with E-state index in [1.54, 1.807) is 24.4 Å². The summed E-state index contributed by atoms with van der Waals surface area (Å²) in [4.78, 5) is 29.7. The predicted molar refractivity (Wildman–Crippen MR) is 96.4 cm³/mol. The average Bonchev–Trinajstić information content (AvgIpc) is 2.64. The summed E-state index contributed by atoms with van der Waals surface area (Å²) in [5, 5.41) is 9.81. The van der Waals surface area contributed by atoms with Crippen molar-refractivity contribution >= 4 is 17.7 Å². The minimum absolute atomic E-state index is 0.269. The molecule has 1 aromatic carbocycles. The number of aliphatic carboxylic acids is 1. The van der Waals surface area contributed by atoms with Gasteiger partial charge in [0.15, 0.2) is 0 Å². The summed E-state index contributed by atoms with van der Waals surface area (Å²) in [6, 6.07) is 10.6. The maximum Gasteiger partial charge on any atom is 0.348 e. The zero-order chi connectivity index (χ0) is 18.7. The number of rotatable bonds is 5. The summed E-state index contributed by atoms with van der Waals surface area (Å²) >= 11 is 0. The Bertz CT molecular complexity index is 829. The largest absolute Gasteiger partial charge is 0.478 e. The highest BCUT2D eigenvalue weighted by Crippen LogP contribution is 2.33. The van der Waals surface area contributed by atoms with E-state index < -0.39 is 17.5 Å². The number of carboxylic acids is 1. The number of nitrogens with two attached hydrogens (primary N) is 1. The van der Waals surface area contributed by atoms with E-state index in [9.17, 15) is 14.7 Å². The monoisotopic (exact) mass is 355 g/mol. The Morgan fingerprint density at radius 1 is 1.19 bits per heavy atom. The van der Waals surface area contributed by atoms with Crippen LogP contribution >= 0.6 is 0 Å². The van der Waals surface area contributed by atoms with E-state index in [0.717, 1.165) is 5.56 Å². The van der Waals surface area contributed by atoms with E-state index in [1.807, 2.05) is 30.0 Å². The van der Waals surface area contributed by atoms with Crippen LogP contribution in [-0.2, 0) is 4.79 Å². The first kappa shape index (κ1) is 17.7. The van der Waals surface area contributed by atoms with Gasteiger partial charge in [-0.2, -0.15) is 0 Å². The Labute approximate surface area is 151 Å². The maximum atomic E-state index is 12.0. The lowest BCUT2D eigenvalue weighted by atomic mass is 9.90. The first-order valence-corrected chi connectivity index (χ1v) is 8.41. The Morgan fingerprint density at radius 3 is 2.50 bits per heavy atom. The molecule has 2 heterocycles. The number of hydrogen-bond donors (Lipinski definition) is 2. The van der Waals surface area contributed by atoms with Gasteiger partial charge in [-0.05, 0) is 30.7 Å². The lowest BCUT2D eigenvalue weighted by molar-refractivity contribution is -0.157. The highest BCUT2D eigenvalue weighted by Gasteiger charge is 2.44. The van der Waals surface area contributed by atoms with Gasteiger partial charge in [-0.15, -0.1) is 0 Å². The van der Waals surface area contributed by atoms with Crippen LogP contribution in [0.15, 0.2) is 42.6 Å². The van der Waals surface area contributed by atoms with Gasteiger partial charge in [0.1, 0.15) is 11.6 Å². The molecule has 136 valence electrons. The number of amides is 1. The highest BCUT2D eigenvalue weighted by atomic mass is 16.5.